The molecule has 0 bridgehead atoms. The van der Waals surface area contributed by atoms with Crippen LogP contribution in [0.4, 0.5) is 13.2 Å². The van der Waals surface area contributed by atoms with Crippen LogP contribution >= 0.6 is 15.9 Å². The van der Waals surface area contributed by atoms with Crippen molar-refractivity contribution in [1.82, 2.24) is 19.3 Å². The van der Waals surface area contributed by atoms with Crippen molar-refractivity contribution in [1.29, 1.82) is 0 Å². The van der Waals surface area contributed by atoms with Crippen molar-refractivity contribution in [2.24, 2.45) is 0 Å². The first kappa shape index (κ1) is 22.7. The number of hydrogen-bond acceptors (Lipinski definition) is 5. The third-order valence-electron chi connectivity index (χ3n) is 4.99. The first-order valence-electron chi connectivity index (χ1n) is 9.53. The van der Waals surface area contributed by atoms with Gasteiger partial charge in [0, 0.05) is 4.47 Å². The van der Waals surface area contributed by atoms with E-state index in [9.17, 15) is 21.6 Å². The molecule has 1 atom stereocenters. The van der Waals surface area contributed by atoms with E-state index >= 15 is 0 Å². The summed E-state index contributed by atoms with van der Waals surface area (Å²) in [7, 11) is -3.85. The molecule has 4 rings (SSSR count). The SMILES string of the molecule is C[C@H]1COc2cc(Br)ccc2S(=O)(=O)N1Cc1cn(Cc2ccc(C(F)(F)F)cc2)nn1. The third kappa shape index (κ3) is 4.66. The molecular weight excluding hydrogens is 513 g/mol. The van der Waals surface area contributed by atoms with E-state index in [1.165, 1.54) is 27.2 Å². The lowest BCUT2D eigenvalue weighted by Gasteiger charge is -2.24. The highest BCUT2D eigenvalue weighted by Crippen LogP contribution is 2.34. The maximum absolute atomic E-state index is 13.2. The Hall–Kier alpha value is -2.44. The van der Waals surface area contributed by atoms with Crippen LogP contribution in [0.1, 0.15) is 23.7 Å². The van der Waals surface area contributed by atoms with Gasteiger partial charge in [0.05, 0.1) is 36.6 Å². The topological polar surface area (TPSA) is 77.3 Å². The number of ether oxygens (including phenoxy) is 1. The van der Waals surface area contributed by atoms with Crippen molar-refractivity contribution in [2.45, 2.75) is 37.1 Å². The number of rotatable bonds is 4. The summed E-state index contributed by atoms with van der Waals surface area (Å²) < 4.78 is 73.8. The van der Waals surface area contributed by atoms with Gasteiger partial charge in [-0.1, -0.05) is 33.3 Å². The summed E-state index contributed by atoms with van der Waals surface area (Å²) in [5.74, 6) is 0.277. The second-order valence-electron chi connectivity index (χ2n) is 7.40. The van der Waals surface area contributed by atoms with Crippen LogP contribution < -0.4 is 4.74 Å². The molecule has 0 saturated heterocycles. The number of benzene rings is 2. The van der Waals surface area contributed by atoms with Crippen LogP contribution in [0.5, 0.6) is 5.75 Å². The van der Waals surface area contributed by atoms with Crippen LogP contribution in [0.15, 0.2) is 58.0 Å². The van der Waals surface area contributed by atoms with Crippen LogP contribution in [-0.2, 0) is 29.3 Å². The van der Waals surface area contributed by atoms with Gasteiger partial charge in [-0.25, -0.2) is 13.1 Å². The van der Waals surface area contributed by atoms with E-state index in [2.05, 4.69) is 26.2 Å². The van der Waals surface area contributed by atoms with Gasteiger partial charge in [0.1, 0.15) is 17.3 Å². The Balaban J connectivity index is 1.53. The lowest BCUT2D eigenvalue weighted by Crippen LogP contribution is -2.39. The van der Waals surface area contributed by atoms with Gasteiger partial charge < -0.3 is 4.74 Å². The van der Waals surface area contributed by atoms with E-state index in [4.69, 9.17) is 4.74 Å². The first-order valence-corrected chi connectivity index (χ1v) is 11.8. The fraction of sp³-hybridized carbons (Fsp3) is 0.300. The van der Waals surface area contributed by atoms with Gasteiger partial charge in [0.25, 0.3) is 0 Å². The number of nitrogens with zero attached hydrogens (tertiary/aromatic N) is 4. The molecule has 12 heteroatoms. The minimum absolute atomic E-state index is 0.0185. The Kier molecular flexibility index (Phi) is 6.03. The number of halogens is 4. The lowest BCUT2D eigenvalue weighted by atomic mass is 10.1. The molecule has 0 saturated carbocycles. The minimum atomic E-state index is -4.40. The van der Waals surface area contributed by atoms with Crippen LogP contribution in [0.25, 0.3) is 0 Å². The molecule has 32 heavy (non-hydrogen) atoms. The van der Waals surface area contributed by atoms with E-state index < -0.39 is 27.8 Å². The zero-order chi connectivity index (χ0) is 23.1. The molecular formula is C20H18BrF3N4O3S. The van der Waals surface area contributed by atoms with Crippen molar-refractivity contribution < 1.29 is 26.3 Å². The summed E-state index contributed by atoms with van der Waals surface area (Å²) in [6.45, 7) is 2.09. The van der Waals surface area contributed by atoms with Crippen LogP contribution in [-0.4, -0.2) is 40.4 Å². The zero-order valence-electron chi connectivity index (χ0n) is 16.8. The molecule has 0 unspecified atom stereocenters. The van der Waals surface area contributed by atoms with Crippen LogP contribution in [0, 0.1) is 0 Å². The molecule has 2 heterocycles. The van der Waals surface area contributed by atoms with Crippen LogP contribution in [0.2, 0.25) is 0 Å². The standard InChI is InChI=1S/C20H18BrF3N4O3S/c1-13-12-31-18-8-16(21)6-7-19(18)32(29,30)28(13)11-17-10-27(26-25-17)9-14-2-4-15(5-3-14)20(22,23)24/h2-8,10,13H,9,11-12H2,1H3/t13-/m0/s1. The Bertz CT molecular complexity index is 1230. The average Bonchev–Trinajstić information content (AvgIpc) is 3.13. The molecule has 1 aliphatic heterocycles. The largest absolute Gasteiger partial charge is 0.490 e. The van der Waals surface area contributed by atoms with E-state index in [1.807, 2.05) is 0 Å². The molecule has 2 aromatic carbocycles. The zero-order valence-corrected chi connectivity index (χ0v) is 19.2. The normalized spacial score (nSPS) is 18.6. The van der Waals surface area contributed by atoms with Crippen molar-refractivity contribution in [3.8, 4) is 5.75 Å². The summed E-state index contributed by atoms with van der Waals surface area (Å²) in [4.78, 5) is 0.0715. The van der Waals surface area contributed by atoms with E-state index in [-0.39, 0.29) is 30.3 Å². The monoisotopic (exact) mass is 530 g/mol. The predicted octanol–water partition coefficient (Wildman–Crippen LogP) is 4.08. The Morgan fingerprint density at radius 3 is 2.56 bits per heavy atom. The molecule has 1 aromatic heterocycles. The number of alkyl halides is 3. The highest BCUT2D eigenvalue weighted by atomic mass is 79.9. The van der Waals surface area contributed by atoms with E-state index in [1.54, 1.807) is 25.3 Å². The second kappa shape index (κ2) is 8.49. The second-order valence-corrected chi connectivity index (χ2v) is 10.2. The Labute approximate surface area is 191 Å². The molecule has 0 spiro atoms. The molecule has 0 N–H and O–H groups in total. The number of fused-ring (bicyclic) bond motifs is 1. The van der Waals surface area contributed by atoms with Gasteiger partial charge in [-0.05, 0) is 42.8 Å². The highest BCUT2D eigenvalue weighted by Gasteiger charge is 2.35. The lowest BCUT2D eigenvalue weighted by molar-refractivity contribution is -0.137. The molecule has 0 amide bonds. The summed E-state index contributed by atoms with van der Waals surface area (Å²) in [5, 5.41) is 8.03. The van der Waals surface area contributed by atoms with Gasteiger partial charge in [-0.3, -0.25) is 0 Å². The summed E-state index contributed by atoms with van der Waals surface area (Å²) >= 11 is 3.32. The Morgan fingerprint density at radius 1 is 1.16 bits per heavy atom. The van der Waals surface area contributed by atoms with Gasteiger partial charge in [-0.2, -0.15) is 17.5 Å². The number of aromatic nitrogens is 3. The van der Waals surface area contributed by atoms with Gasteiger partial charge in [-0.15, -0.1) is 5.10 Å². The van der Waals surface area contributed by atoms with E-state index in [0.717, 1.165) is 12.1 Å². The quantitative estimate of drug-likeness (QED) is 0.507. The van der Waals surface area contributed by atoms with E-state index in [0.29, 0.717) is 15.7 Å². The smallest absolute Gasteiger partial charge is 0.416 e. The third-order valence-corrected chi connectivity index (χ3v) is 7.49. The number of hydrogen-bond donors (Lipinski definition) is 0. The van der Waals surface area contributed by atoms with Crippen molar-refractivity contribution in [2.75, 3.05) is 6.61 Å². The van der Waals surface area contributed by atoms with Crippen molar-refractivity contribution in [3.05, 3.63) is 70.0 Å². The summed E-state index contributed by atoms with van der Waals surface area (Å²) in [6.07, 6.45) is -2.82. The molecule has 3 aromatic rings. The summed E-state index contributed by atoms with van der Waals surface area (Å²) in [6, 6.07) is 9.05. The van der Waals surface area contributed by atoms with Crippen molar-refractivity contribution >= 4 is 26.0 Å². The minimum Gasteiger partial charge on any atom is -0.490 e. The fourth-order valence-corrected chi connectivity index (χ4v) is 5.38. The average molecular weight is 531 g/mol. The Morgan fingerprint density at radius 2 is 1.88 bits per heavy atom. The van der Waals surface area contributed by atoms with Crippen LogP contribution in [0.3, 0.4) is 0 Å². The molecule has 170 valence electrons. The number of sulfonamides is 1. The molecule has 1 aliphatic rings. The maximum Gasteiger partial charge on any atom is 0.416 e. The van der Waals surface area contributed by atoms with Gasteiger partial charge in [0.15, 0.2) is 0 Å². The van der Waals surface area contributed by atoms with Gasteiger partial charge in [0.2, 0.25) is 10.0 Å². The highest BCUT2D eigenvalue weighted by molar-refractivity contribution is 9.10. The molecule has 0 fully saturated rings. The molecule has 0 aliphatic carbocycles. The first-order chi connectivity index (χ1) is 15.0. The summed E-state index contributed by atoms with van der Waals surface area (Å²) in [5.41, 5.74) is 0.293. The van der Waals surface area contributed by atoms with Crippen molar-refractivity contribution in [3.63, 3.8) is 0 Å². The maximum atomic E-state index is 13.2. The predicted molar refractivity (Wildman–Crippen MR) is 112 cm³/mol. The molecule has 0 radical (unpaired) electrons. The molecule has 7 nitrogen and oxygen atoms in total. The fourth-order valence-electron chi connectivity index (χ4n) is 3.34. The van der Waals surface area contributed by atoms with Gasteiger partial charge >= 0.3 is 6.18 Å².